The van der Waals surface area contributed by atoms with E-state index < -0.39 is 0 Å². The molecule has 0 fully saturated rings. The molecule has 3 nitrogen and oxygen atoms in total. The zero-order valence-corrected chi connectivity index (χ0v) is 13.4. The molecular weight excluding hydrogens is 286 g/mol. The van der Waals surface area contributed by atoms with Crippen molar-refractivity contribution >= 4 is 17.9 Å². The highest BCUT2D eigenvalue weighted by Gasteiger charge is 2.42. The van der Waals surface area contributed by atoms with Gasteiger partial charge >= 0.3 is 5.97 Å². The molecule has 1 spiro atoms. The number of rotatable bonds is 1. The number of benzene rings is 2. The zero-order chi connectivity index (χ0) is 16.0. The summed E-state index contributed by atoms with van der Waals surface area (Å²) in [7, 11) is 1.43. The first kappa shape index (κ1) is 14.2. The van der Waals surface area contributed by atoms with E-state index in [0.717, 1.165) is 30.5 Å². The Morgan fingerprint density at radius 2 is 2.04 bits per heavy atom. The fourth-order valence-electron chi connectivity index (χ4n) is 4.22. The fraction of sp³-hybridized carbons (Fsp3) is 0.300. The number of nitrogens with zero attached hydrogens (tertiary/aromatic N) is 1. The Labute approximate surface area is 136 Å². The molecule has 0 N–H and O–H groups in total. The van der Waals surface area contributed by atoms with Crippen molar-refractivity contribution in [1.29, 1.82) is 0 Å². The Bertz CT molecular complexity index is 838. The summed E-state index contributed by atoms with van der Waals surface area (Å²) < 4.78 is 4.96. The number of hydrogen-bond acceptors (Lipinski definition) is 3. The second-order valence-electron chi connectivity index (χ2n) is 6.36. The summed E-state index contributed by atoms with van der Waals surface area (Å²) in [4.78, 5) is 16.8. The summed E-state index contributed by atoms with van der Waals surface area (Å²) in [6, 6.07) is 12.3. The van der Waals surface area contributed by atoms with E-state index in [1.807, 2.05) is 19.1 Å². The lowest BCUT2D eigenvalue weighted by molar-refractivity contribution is 0.0599. The standard InChI is InChI=1S/C20H19NO2/c1-13-15(19(22)23-2)10-9-14-6-5-11-20(18(13)14)12-21-17-8-4-3-7-16(17)20/h3-4,7-10,12H,5-6,11H2,1-2H3. The number of carbonyl (C=O) groups excluding carboxylic acids is 1. The molecule has 3 heteroatoms. The van der Waals surface area contributed by atoms with Crippen LogP contribution in [0.4, 0.5) is 5.69 Å². The summed E-state index contributed by atoms with van der Waals surface area (Å²) in [5.74, 6) is -0.269. The molecule has 1 atom stereocenters. The predicted octanol–water partition coefficient (Wildman–Crippen LogP) is 4.12. The first-order valence-electron chi connectivity index (χ1n) is 8.03. The number of esters is 1. The fourth-order valence-corrected chi connectivity index (χ4v) is 4.22. The van der Waals surface area contributed by atoms with Gasteiger partial charge in [0.2, 0.25) is 0 Å². The average Bonchev–Trinajstić information content (AvgIpc) is 2.94. The molecule has 0 aromatic heterocycles. The lowest BCUT2D eigenvalue weighted by atomic mass is 9.65. The maximum absolute atomic E-state index is 12.1. The Hall–Kier alpha value is -2.42. The smallest absolute Gasteiger partial charge is 0.338 e. The van der Waals surface area contributed by atoms with Crippen LogP contribution < -0.4 is 0 Å². The second kappa shape index (κ2) is 5.05. The second-order valence-corrected chi connectivity index (χ2v) is 6.36. The van der Waals surface area contributed by atoms with E-state index in [1.165, 1.54) is 23.8 Å². The summed E-state index contributed by atoms with van der Waals surface area (Å²) in [6.45, 7) is 2.03. The Balaban J connectivity index is 2.00. The van der Waals surface area contributed by atoms with Gasteiger partial charge in [0.25, 0.3) is 0 Å². The van der Waals surface area contributed by atoms with Gasteiger partial charge in [-0.1, -0.05) is 24.3 Å². The highest BCUT2D eigenvalue weighted by atomic mass is 16.5. The third kappa shape index (κ3) is 1.89. The SMILES string of the molecule is COC(=O)c1ccc2c(c1C)C1(C=Nc3ccccc31)CCC2. The molecule has 2 aliphatic rings. The summed E-state index contributed by atoms with van der Waals surface area (Å²) >= 11 is 0. The quantitative estimate of drug-likeness (QED) is 0.743. The summed E-state index contributed by atoms with van der Waals surface area (Å²) in [5.41, 5.74) is 6.36. The van der Waals surface area contributed by atoms with E-state index in [2.05, 4.69) is 35.5 Å². The molecule has 2 aromatic rings. The Morgan fingerprint density at radius 3 is 2.87 bits per heavy atom. The van der Waals surface area contributed by atoms with Crippen LogP contribution in [0.1, 0.15) is 45.5 Å². The van der Waals surface area contributed by atoms with E-state index in [-0.39, 0.29) is 11.4 Å². The normalized spacial score (nSPS) is 21.1. The molecule has 2 aromatic carbocycles. The zero-order valence-electron chi connectivity index (χ0n) is 13.4. The number of aryl methyl sites for hydroxylation is 1. The van der Waals surface area contributed by atoms with E-state index in [0.29, 0.717) is 5.56 Å². The van der Waals surface area contributed by atoms with Crippen LogP contribution in [-0.2, 0) is 16.6 Å². The first-order valence-corrected chi connectivity index (χ1v) is 8.03. The summed E-state index contributed by atoms with van der Waals surface area (Å²) in [6.07, 6.45) is 5.30. The topological polar surface area (TPSA) is 38.7 Å². The number of fused-ring (bicyclic) bond motifs is 4. The van der Waals surface area contributed by atoms with Gasteiger partial charge in [-0.15, -0.1) is 0 Å². The van der Waals surface area contributed by atoms with Crippen LogP contribution >= 0.6 is 0 Å². The van der Waals surface area contributed by atoms with Gasteiger partial charge in [0.05, 0.1) is 23.8 Å². The van der Waals surface area contributed by atoms with Gasteiger partial charge < -0.3 is 4.74 Å². The van der Waals surface area contributed by atoms with Gasteiger partial charge in [-0.05, 0) is 60.6 Å². The van der Waals surface area contributed by atoms with Crippen LogP contribution in [0.15, 0.2) is 41.4 Å². The molecule has 0 amide bonds. The van der Waals surface area contributed by atoms with E-state index >= 15 is 0 Å². The summed E-state index contributed by atoms with van der Waals surface area (Å²) in [5, 5.41) is 0. The molecule has 0 radical (unpaired) electrons. The maximum atomic E-state index is 12.1. The molecule has 116 valence electrons. The third-order valence-electron chi connectivity index (χ3n) is 5.23. The molecular formula is C20H19NO2. The van der Waals surface area contributed by atoms with Crippen LogP contribution in [0.2, 0.25) is 0 Å². The van der Waals surface area contributed by atoms with Gasteiger partial charge in [-0.2, -0.15) is 0 Å². The molecule has 0 saturated heterocycles. The molecule has 4 rings (SSSR count). The van der Waals surface area contributed by atoms with Crippen LogP contribution in [0, 0.1) is 6.92 Å². The van der Waals surface area contributed by atoms with E-state index in [4.69, 9.17) is 4.74 Å². The highest BCUT2D eigenvalue weighted by molar-refractivity contribution is 5.95. The number of aliphatic imine (C=N–C) groups is 1. The van der Waals surface area contributed by atoms with Crippen LogP contribution in [0.5, 0.6) is 0 Å². The van der Waals surface area contributed by atoms with Crippen molar-refractivity contribution < 1.29 is 9.53 Å². The number of hydrogen-bond donors (Lipinski definition) is 0. The monoisotopic (exact) mass is 305 g/mol. The van der Waals surface area contributed by atoms with Crippen molar-refractivity contribution in [3.05, 3.63) is 64.2 Å². The largest absolute Gasteiger partial charge is 0.465 e. The minimum atomic E-state index is -0.269. The first-order chi connectivity index (χ1) is 11.2. The molecule has 1 heterocycles. The van der Waals surface area contributed by atoms with E-state index in [1.54, 1.807) is 0 Å². The third-order valence-corrected chi connectivity index (χ3v) is 5.23. The van der Waals surface area contributed by atoms with E-state index in [9.17, 15) is 4.79 Å². The highest BCUT2D eigenvalue weighted by Crippen LogP contribution is 2.49. The van der Waals surface area contributed by atoms with Crippen molar-refractivity contribution in [3.8, 4) is 0 Å². The number of methoxy groups -OCH3 is 1. The maximum Gasteiger partial charge on any atom is 0.338 e. The Kier molecular flexibility index (Phi) is 3.12. The minimum absolute atomic E-state index is 0.196. The van der Waals surface area contributed by atoms with Crippen LogP contribution in [0.3, 0.4) is 0 Å². The predicted molar refractivity (Wildman–Crippen MR) is 90.8 cm³/mol. The van der Waals surface area contributed by atoms with Crippen LogP contribution in [0.25, 0.3) is 0 Å². The molecule has 0 saturated carbocycles. The van der Waals surface area contributed by atoms with Crippen LogP contribution in [-0.4, -0.2) is 19.3 Å². The van der Waals surface area contributed by atoms with Crippen molar-refractivity contribution in [3.63, 3.8) is 0 Å². The van der Waals surface area contributed by atoms with Gasteiger partial charge in [0, 0.05) is 6.21 Å². The lowest BCUT2D eigenvalue weighted by Gasteiger charge is -2.36. The number of para-hydroxylation sites is 1. The Morgan fingerprint density at radius 1 is 1.22 bits per heavy atom. The van der Waals surface area contributed by atoms with Gasteiger partial charge in [-0.25, -0.2) is 4.79 Å². The number of carbonyl (C=O) groups is 1. The van der Waals surface area contributed by atoms with Gasteiger partial charge in [0.15, 0.2) is 0 Å². The molecule has 1 aliphatic heterocycles. The van der Waals surface area contributed by atoms with Crippen molar-refractivity contribution in [2.24, 2.45) is 4.99 Å². The van der Waals surface area contributed by atoms with Crippen molar-refractivity contribution in [2.75, 3.05) is 7.11 Å². The molecule has 23 heavy (non-hydrogen) atoms. The average molecular weight is 305 g/mol. The minimum Gasteiger partial charge on any atom is -0.465 e. The van der Waals surface area contributed by atoms with Gasteiger partial charge in [-0.3, -0.25) is 4.99 Å². The molecule has 0 bridgehead atoms. The lowest BCUT2D eigenvalue weighted by Crippen LogP contribution is -2.33. The molecule has 1 unspecified atom stereocenters. The van der Waals surface area contributed by atoms with Crippen molar-refractivity contribution in [2.45, 2.75) is 31.6 Å². The van der Waals surface area contributed by atoms with Gasteiger partial charge in [0.1, 0.15) is 0 Å². The van der Waals surface area contributed by atoms with Crippen molar-refractivity contribution in [1.82, 2.24) is 0 Å². The molecule has 1 aliphatic carbocycles. The number of ether oxygens (including phenoxy) is 1.